The Bertz CT molecular complexity index is 615. The van der Waals surface area contributed by atoms with Crippen LogP contribution in [0.25, 0.3) is 0 Å². The van der Waals surface area contributed by atoms with E-state index >= 15 is 0 Å². The monoisotopic (exact) mass is 298 g/mol. The number of benzene rings is 1. The summed E-state index contributed by atoms with van der Waals surface area (Å²) in [6.07, 6.45) is 3.64. The van der Waals surface area contributed by atoms with E-state index in [-0.39, 0.29) is 11.9 Å². The molecule has 0 unspecified atom stereocenters. The number of rotatable bonds is 4. The molecule has 2 heterocycles. The van der Waals surface area contributed by atoms with E-state index < -0.39 is 0 Å². The van der Waals surface area contributed by atoms with E-state index in [1.165, 1.54) is 5.56 Å². The zero-order chi connectivity index (χ0) is 15.4. The maximum absolute atomic E-state index is 12.2. The summed E-state index contributed by atoms with van der Waals surface area (Å²) in [5.41, 5.74) is 1.96. The third-order valence-electron chi connectivity index (χ3n) is 4.23. The van der Waals surface area contributed by atoms with Crippen molar-refractivity contribution >= 4 is 5.91 Å². The van der Waals surface area contributed by atoms with Crippen molar-refractivity contribution in [1.82, 2.24) is 20.0 Å². The van der Waals surface area contributed by atoms with Gasteiger partial charge < -0.3 is 5.32 Å². The molecule has 0 radical (unpaired) electrons. The molecule has 5 nitrogen and oxygen atoms in total. The standard InChI is InChI=1S/C17H22N4O/c1-20-16(7-10-18-20)17(22)19-15-8-11-21(12-9-15)13-14-5-3-2-4-6-14/h2-7,10,15H,8-9,11-13H2,1H3,(H,19,22). The summed E-state index contributed by atoms with van der Waals surface area (Å²) in [4.78, 5) is 14.6. The molecule has 1 saturated heterocycles. The third kappa shape index (κ3) is 3.54. The zero-order valence-electron chi connectivity index (χ0n) is 12.9. The van der Waals surface area contributed by atoms with E-state index in [0.29, 0.717) is 5.69 Å². The van der Waals surface area contributed by atoms with Gasteiger partial charge in [0.05, 0.1) is 0 Å². The van der Waals surface area contributed by atoms with E-state index in [1.807, 2.05) is 6.07 Å². The first kappa shape index (κ1) is 14.8. The van der Waals surface area contributed by atoms with E-state index in [4.69, 9.17) is 0 Å². The van der Waals surface area contributed by atoms with Crippen LogP contribution in [0.4, 0.5) is 0 Å². The van der Waals surface area contributed by atoms with Crippen molar-refractivity contribution in [2.24, 2.45) is 7.05 Å². The number of piperidine rings is 1. The molecule has 1 amide bonds. The normalized spacial score (nSPS) is 16.6. The van der Waals surface area contributed by atoms with Gasteiger partial charge in [-0.1, -0.05) is 30.3 Å². The van der Waals surface area contributed by atoms with E-state index in [9.17, 15) is 4.79 Å². The first-order valence-electron chi connectivity index (χ1n) is 7.77. The van der Waals surface area contributed by atoms with Gasteiger partial charge in [-0.2, -0.15) is 5.10 Å². The quantitative estimate of drug-likeness (QED) is 0.936. The molecular formula is C17H22N4O. The number of carbonyl (C=O) groups excluding carboxylic acids is 1. The lowest BCUT2D eigenvalue weighted by Crippen LogP contribution is -2.44. The topological polar surface area (TPSA) is 50.2 Å². The van der Waals surface area contributed by atoms with Crippen molar-refractivity contribution in [2.45, 2.75) is 25.4 Å². The van der Waals surface area contributed by atoms with Crippen LogP contribution in [0.5, 0.6) is 0 Å². The summed E-state index contributed by atoms with van der Waals surface area (Å²) in [5.74, 6) is -0.0264. The number of amides is 1. The van der Waals surface area contributed by atoms with Gasteiger partial charge in [0.25, 0.3) is 5.91 Å². The Morgan fingerprint density at radius 1 is 1.23 bits per heavy atom. The van der Waals surface area contributed by atoms with Gasteiger partial charge in [-0.15, -0.1) is 0 Å². The second-order valence-electron chi connectivity index (χ2n) is 5.85. The SMILES string of the molecule is Cn1nccc1C(=O)NC1CCN(Cc2ccccc2)CC1. The van der Waals surface area contributed by atoms with Crippen molar-refractivity contribution in [2.75, 3.05) is 13.1 Å². The van der Waals surface area contributed by atoms with Gasteiger partial charge >= 0.3 is 0 Å². The summed E-state index contributed by atoms with van der Waals surface area (Å²) in [5, 5.41) is 7.16. The largest absolute Gasteiger partial charge is 0.348 e. The summed E-state index contributed by atoms with van der Waals surface area (Å²) >= 11 is 0. The Morgan fingerprint density at radius 2 is 1.95 bits per heavy atom. The minimum Gasteiger partial charge on any atom is -0.348 e. The average Bonchev–Trinajstić information content (AvgIpc) is 2.96. The van der Waals surface area contributed by atoms with Crippen molar-refractivity contribution < 1.29 is 4.79 Å². The lowest BCUT2D eigenvalue weighted by Gasteiger charge is -2.32. The molecule has 22 heavy (non-hydrogen) atoms. The van der Waals surface area contributed by atoms with Crippen molar-refractivity contribution in [3.05, 3.63) is 53.9 Å². The predicted molar refractivity (Wildman–Crippen MR) is 85.4 cm³/mol. The van der Waals surface area contributed by atoms with Gasteiger partial charge in [-0.25, -0.2) is 0 Å². The number of hydrogen-bond donors (Lipinski definition) is 1. The van der Waals surface area contributed by atoms with Gasteiger partial charge in [0, 0.05) is 38.9 Å². The first-order chi connectivity index (χ1) is 10.7. The number of aromatic nitrogens is 2. The molecule has 1 aromatic carbocycles. The van der Waals surface area contributed by atoms with Gasteiger partial charge in [-0.3, -0.25) is 14.4 Å². The lowest BCUT2D eigenvalue weighted by molar-refractivity contribution is 0.0899. The molecule has 3 rings (SSSR count). The maximum atomic E-state index is 12.2. The molecule has 0 spiro atoms. The number of nitrogens with one attached hydrogen (secondary N) is 1. The number of nitrogens with zero attached hydrogens (tertiary/aromatic N) is 3. The summed E-state index contributed by atoms with van der Waals surface area (Å²) in [6, 6.07) is 12.5. The van der Waals surface area contributed by atoms with Crippen molar-refractivity contribution in [3.63, 3.8) is 0 Å². The van der Waals surface area contributed by atoms with Crippen LogP contribution in [0, 0.1) is 0 Å². The van der Waals surface area contributed by atoms with Crippen LogP contribution in [-0.4, -0.2) is 39.7 Å². The molecule has 0 atom stereocenters. The van der Waals surface area contributed by atoms with Crippen LogP contribution in [-0.2, 0) is 13.6 Å². The molecule has 1 aliphatic heterocycles. The number of hydrogen-bond acceptors (Lipinski definition) is 3. The van der Waals surface area contributed by atoms with Gasteiger partial charge in [0.15, 0.2) is 0 Å². The molecule has 0 saturated carbocycles. The molecule has 1 aliphatic rings. The highest BCUT2D eigenvalue weighted by molar-refractivity contribution is 5.92. The Hall–Kier alpha value is -2.14. The van der Waals surface area contributed by atoms with Gasteiger partial charge in [-0.05, 0) is 24.5 Å². The van der Waals surface area contributed by atoms with Crippen LogP contribution < -0.4 is 5.32 Å². The van der Waals surface area contributed by atoms with Gasteiger partial charge in [0.1, 0.15) is 5.69 Å². The predicted octanol–water partition coefficient (Wildman–Crippen LogP) is 1.81. The highest BCUT2D eigenvalue weighted by Gasteiger charge is 2.22. The fraction of sp³-hybridized carbons (Fsp3) is 0.412. The summed E-state index contributed by atoms with van der Waals surface area (Å²) < 4.78 is 1.61. The van der Waals surface area contributed by atoms with Crippen LogP contribution >= 0.6 is 0 Å². The Labute approximate surface area is 130 Å². The van der Waals surface area contributed by atoms with Crippen LogP contribution in [0.2, 0.25) is 0 Å². The molecule has 116 valence electrons. The lowest BCUT2D eigenvalue weighted by atomic mass is 10.0. The smallest absolute Gasteiger partial charge is 0.269 e. The molecule has 1 aromatic heterocycles. The van der Waals surface area contributed by atoms with Crippen molar-refractivity contribution in [1.29, 1.82) is 0 Å². The average molecular weight is 298 g/mol. The van der Waals surface area contributed by atoms with E-state index in [2.05, 4.69) is 39.6 Å². The van der Waals surface area contributed by atoms with Crippen LogP contribution in [0.1, 0.15) is 28.9 Å². The molecule has 1 N–H and O–H groups in total. The number of likely N-dealkylation sites (tertiary alicyclic amines) is 1. The minimum atomic E-state index is -0.0264. The van der Waals surface area contributed by atoms with E-state index in [1.54, 1.807) is 24.0 Å². The Morgan fingerprint density at radius 3 is 2.59 bits per heavy atom. The fourth-order valence-corrected chi connectivity index (χ4v) is 2.93. The minimum absolute atomic E-state index is 0.0264. The molecule has 2 aromatic rings. The highest BCUT2D eigenvalue weighted by Crippen LogP contribution is 2.14. The highest BCUT2D eigenvalue weighted by atomic mass is 16.2. The molecule has 1 fully saturated rings. The fourth-order valence-electron chi connectivity index (χ4n) is 2.93. The molecule has 5 heteroatoms. The Balaban J connectivity index is 1.48. The molecule has 0 aliphatic carbocycles. The molecule has 0 bridgehead atoms. The van der Waals surface area contributed by atoms with Gasteiger partial charge in [0.2, 0.25) is 0 Å². The second kappa shape index (κ2) is 6.75. The molecular weight excluding hydrogens is 276 g/mol. The summed E-state index contributed by atoms with van der Waals surface area (Å²) in [6.45, 7) is 3.03. The summed E-state index contributed by atoms with van der Waals surface area (Å²) in [7, 11) is 1.79. The third-order valence-corrected chi connectivity index (χ3v) is 4.23. The number of aryl methyl sites for hydroxylation is 1. The zero-order valence-corrected chi connectivity index (χ0v) is 12.9. The van der Waals surface area contributed by atoms with Crippen molar-refractivity contribution in [3.8, 4) is 0 Å². The second-order valence-corrected chi connectivity index (χ2v) is 5.85. The Kier molecular flexibility index (Phi) is 4.53. The number of carbonyl (C=O) groups is 1. The first-order valence-corrected chi connectivity index (χ1v) is 7.77. The maximum Gasteiger partial charge on any atom is 0.269 e. The van der Waals surface area contributed by atoms with Crippen LogP contribution in [0.15, 0.2) is 42.6 Å². The van der Waals surface area contributed by atoms with Crippen LogP contribution in [0.3, 0.4) is 0 Å². The van der Waals surface area contributed by atoms with E-state index in [0.717, 1.165) is 32.5 Å².